The van der Waals surface area contributed by atoms with Gasteiger partial charge in [-0.3, -0.25) is 9.59 Å². The molecule has 1 aromatic carbocycles. The van der Waals surface area contributed by atoms with E-state index in [0.29, 0.717) is 53.3 Å². The minimum absolute atomic E-state index is 0.100. The van der Waals surface area contributed by atoms with Crippen LogP contribution in [0.15, 0.2) is 36.5 Å². The van der Waals surface area contributed by atoms with E-state index in [2.05, 4.69) is 29.0 Å². The highest BCUT2D eigenvalue weighted by Crippen LogP contribution is 2.23. The molecule has 2 heterocycles. The molecule has 0 bridgehead atoms. The summed E-state index contributed by atoms with van der Waals surface area (Å²) in [5.41, 5.74) is 1.00. The highest BCUT2D eigenvalue weighted by atomic mass is 35.5. The van der Waals surface area contributed by atoms with Crippen LogP contribution in [-0.4, -0.2) is 53.9 Å². The van der Waals surface area contributed by atoms with E-state index in [-0.39, 0.29) is 17.9 Å². The Labute approximate surface area is 193 Å². The number of rotatable bonds is 6. The Morgan fingerprint density at radius 3 is 2.35 bits per heavy atom. The highest BCUT2D eigenvalue weighted by molar-refractivity contribution is 6.36. The molecule has 6 nitrogen and oxygen atoms in total. The number of halogens is 2. The molecule has 2 amide bonds. The number of amides is 2. The van der Waals surface area contributed by atoms with Gasteiger partial charge in [-0.15, -0.1) is 0 Å². The van der Waals surface area contributed by atoms with Crippen LogP contribution in [0.25, 0.3) is 0 Å². The number of benzene rings is 1. The van der Waals surface area contributed by atoms with Crippen LogP contribution in [0.5, 0.6) is 0 Å². The van der Waals surface area contributed by atoms with Gasteiger partial charge in [-0.05, 0) is 49.6 Å². The zero-order valence-electron chi connectivity index (χ0n) is 18.1. The van der Waals surface area contributed by atoms with Gasteiger partial charge in [0.15, 0.2) is 0 Å². The third-order valence-electron chi connectivity index (χ3n) is 5.26. The summed E-state index contributed by atoms with van der Waals surface area (Å²) in [6.45, 7) is 8.72. The van der Waals surface area contributed by atoms with Crippen LogP contribution in [0, 0.1) is 5.92 Å². The van der Waals surface area contributed by atoms with Crippen molar-refractivity contribution in [3.8, 4) is 0 Å². The molecule has 8 heteroatoms. The van der Waals surface area contributed by atoms with Crippen molar-refractivity contribution in [2.45, 2.75) is 33.2 Å². The predicted octanol–water partition coefficient (Wildman–Crippen LogP) is 4.52. The Balaban J connectivity index is 1.56. The number of aromatic nitrogens is 1. The molecule has 1 atom stereocenters. The largest absolute Gasteiger partial charge is 0.353 e. The summed E-state index contributed by atoms with van der Waals surface area (Å²) in [4.78, 5) is 33.5. The van der Waals surface area contributed by atoms with Crippen LogP contribution < -0.4 is 10.2 Å². The summed E-state index contributed by atoms with van der Waals surface area (Å²) in [6.07, 6.45) is 2.54. The number of pyridine rings is 1. The van der Waals surface area contributed by atoms with Gasteiger partial charge in [0, 0.05) is 43.4 Å². The van der Waals surface area contributed by atoms with Crippen LogP contribution >= 0.6 is 23.2 Å². The maximum Gasteiger partial charge on any atom is 0.255 e. The lowest BCUT2D eigenvalue weighted by atomic mass is 10.1. The van der Waals surface area contributed by atoms with Gasteiger partial charge in [-0.25, -0.2) is 4.98 Å². The molecule has 1 aliphatic heterocycles. The predicted molar refractivity (Wildman–Crippen MR) is 125 cm³/mol. The van der Waals surface area contributed by atoms with Crippen molar-refractivity contribution in [2.75, 3.05) is 31.1 Å². The van der Waals surface area contributed by atoms with Gasteiger partial charge < -0.3 is 15.1 Å². The van der Waals surface area contributed by atoms with Crippen molar-refractivity contribution < 1.29 is 9.59 Å². The van der Waals surface area contributed by atoms with Crippen LogP contribution in [0.4, 0.5) is 5.82 Å². The lowest BCUT2D eigenvalue weighted by Crippen LogP contribution is -2.49. The summed E-state index contributed by atoms with van der Waals surface area (Å²) in [7, 11) is 0. The summed E-state index contributed by atoms with van der Waals surface area (Å²) in [6, 6.07) is 8.68. The maximum absolute atomic E-state index is 12.8. The van der Waals surface area contributed by atoms with Gasteiger partial charge in [0.2, 0.25) is 0 Å². The molecule has 166 valence electrons. The quantitative estimate of drug-likeness (QED) is 0.685. The smallest absolute Gasteiger partial charge is 0.255 e. The third-order valence-corrected chi connectivity index (χ3v) is 5.81. The average molecular weight is 463 g/mol. The number of hydrogen-bond acceptors (Lipinski definition) is 4. The zero-order valence-corrected chi connectivity index (χ0v) is 19.6. The first kappa shape index (κ1) is 23.4. The van der Waals surface area contributed by atoms with Crippen molar-refractivity contribution in [3.63, 3.8) is 0 Å². The van der Waals surface area contributed by atoms with E-state index in [0.717, 1.165) is 12.2 Å². The maximum atomic E-state index is 12.8. The zero-order chi connectivity index (χ0) is 22.5. The fraction of sp³-hybridized carbons (Fsp3) is 0.435. The second-order valence-electron chi connectivity index (χ2n) is 8.31. The molecular weight excluding hydrogens is 435 g/mol. The fourth-order valence-electron chi connectivity index (χ4n) is 3.75. The first-order chi connectivity index (χ1) is 14.7. The van der Waals surface area contributed by atoms with Crippen molar-refractivity contribution in [2.24, 2.45) is 5.92 Å². The Hall–Kier alpha value is -2.31. The van der Waals surface area contributed by atoms with Gasteiger partial charge in [0.1, 0.15) is 5.82 Å². The molecule has 1 N–H and O–H groups in total. The van der Waals surface area contributed by atoms with Crippen molar-refractivity contribution >= 4 is 40.8 Å². The molecule has 2 aromatic rings. The van der Waals surface area contributed by atoms with Crippen LogP contribution in [-0.2, 0) is 0 Å². The molecule has 0 spiro atoms. The van der Waals surface area contributed by atoms with E-state index in [9.17, 15) is 9.59 Å². The first-order valence-corrected chi connectivity index (χ1v) is 11.3. The minimum atomic E-state index is -0.109. The topological polar surface area (TPSA) is 65.5 Å². The van der Waals surface area contributed by atoms with Gasteiger partial charge >= 0.3 is 0 Å². The minimum Gasteiger partial charge on any atom is -0.353 e. The first-order valence-electron chi connectivity index (χ1n) is 10.5. The highest BCUT2D eigenvalue weighted by Gasteiger charge is 2.24. The Kier molecular flexibility index (Phi) is 7.79. The molecule has 3 rings (SSSR count). The van der Waals surface area contributed by atoms with E-state index in [1.807, 2.05) is 13.0 Å². The van der Waals surface area contributed by atoms with Gasteiger partial charge in [-0.1, -0.05) is 37.0 Å². The second kappa shape index (κ2) is 10.3. The number of nitrogens with zero attached hydrogens (tertiary/aromatic N) is 3. The molecule has 1 unspecified atom stereocenters. The number of carbonyl (C=O) groups is 2. The van der Waals surface area contributed by atoms with E-state index in [1.54, 1.807) is 35.4 Å². The Bertz CT molecular complexity index is 926. The van der Waals surface area contributed by atoms with E-state index >= 15 is 0 Å². The molecule has 0 radical (unpaired) electrons. The lowest BCUT2D eigenvalue weighted by molar-refractivity contribution is 0.0746. The fourth-order valence-corrected chi connectivity index (χ4v) is 4.24. The van der Waals surface area contributed by atoms with E-state index < -0.39 is 0 Å². The van der Waals surface area contributed by atoms with E-state index in [4.69, 9.17) is 23.2 Å². The SMILES string of the molecule is CC(C)CC(C)NC(=O)c1ccc(N2CCN(C(=O)c3ccc(Cl)cc3Cl)CC2)nc1. The molecule has 1 aliphatic rings. The summed E-state index contributed by atoms with van der Waals surface area (Å²) < 4.78 is 0. The molecule has 1 fully saturated rings. The van der Waals surface area contributed by atoms with E-state index in [1.165, 1.54) is 0 Å². The Morgan fingerprint density at radius 1 is 1.06 bits per heavy atom. The van der Waals surface area contributed by atoms with Crippen LogP contribution in [0.1, 0.15) is 47.9 Å². The van der Waals surface area contributed by atoms with Gasteiger partial charge in [-0.2, -0.15) is 0 Å². The second-order valence-corrected chi connectivity index (χ2v) is 9.16. The number of hydrogen-bond donors (Lipinski definition) is 1. The molecule has 1 saturated heterocycles. The number of piperazine rings is 1. The lowest BCUT2D eigenvalue weighted by Gasteiger charge is -2.35. The summed E-state index contributed by atoms with van der Waals surface area (Å²) in [5, 5.41) is 3.88. The Morgan fingerprint density at radius 2 is 1.77 bits per heavy atom. The van der Waals surface area contributed by atoms with Crippen LogP contribution in [0.3, 0.4) is 0 Å². The number of anilines is 1. The van der Waals surface area contributed by atoms with Crippen LogP contribution in [0.2, 0.25) is 10.0 Å². The summed E-state index contributed by atoms with van der Waals surface area (Å²) >= 11 is 12.1. The normalized spacial score (nSPS) is 15.2. The standard InChI is InChI=1S/C23H28Cl2N4O2/c1-15(2)12-16(3)27-22(30)17-4-7-21(26-14-17)28-8-10-29(11-9-28)23(31)19-6-5-18(24)13-20(19)25/h4-7,13-16H,8-12H2,1-3H3,(H,27,30). The average Bonchev–Trinajstić information content (AvgIpc) is 2.73. The number of nitrogens with one attached hydrogen (secondary N) is 1. The summed E-state index contributed by atoms with van der Waals surface area (Å²) in [5.74, 6) is 1.11. The van der Waals surface area contributed by atoms with Crippen molar-refractivity contribution in [1.82, 2.24) is 15.2 Å². The molecule has 0 aliphatic carbocycles. The van der Waals surface area contributed by atoms with Gasteiger partial charge in [0.25, 0.3) is 11.8 Å². The monoisotopic (exact) mass is 462 g/mol. The van der Waals surface area contributed by atoms with Gasteiger partial charge in [0.05, 0.1) is 16.1 Å². The molecular formula is C23H28Cl2N4O2. The van der Waals surface area contributed by atoms with Crippen molar-refractivity contribution in [3.05, 3.63) is 57.7 Å². The third kappa shape index (κ3) is 6.11. The van der Waals surface area contributed by atoms with Crippen molar-refractivity contribution in [1.29, 1.82) is 0 Å². The molecule has 0 saturated carbocycles. The molecule has 1 aromatic heterocycles. The number of carbonyl (C=O) groups excluding carboxylic acids is 2. The molecule has 31 heavy (non-hydrogen) atoms.